The first-order valence-corrected chi connectivity index (χ1v) is 8.49. The van der Waals surface area contributed by atoms with Crippen molar-refractivity contribution in [2.24, 2.45) is 5.73 Å². The lowest BCUT2D eigenvalue weighted by Gasteiger charge is -2.22. The number of fused-ring (bicyclic) bond motifs is 1. The number of rotatable bonds is 4. The van der Waals surface area contributed by atoms with E-state index in [0.717, 1.165) is 43.0 Å². The van der Waals surface area contributed by atoms with Crippen LogP contribution in [0.1, 0.15) is 25.3 Å². The Balaban J connectivity index is 1.92. The number of aromatic nitrogens is 1. The fraction of sp³-hybridized carbons (Fsp3) is 0.471. The summed E-state index contributed by atoms with van der Waals surface area (Å²) < 4.78 is 5.45. The summed E-state index contributed by atoms with van der Waals surface area (Å²) in [6, 6.07) is 10.7. The maximum absolute atomic E-state index is 6.01. The van der Waals surface area contributed by atoms with Crippen molar-refractivity contribution >= 4 is 22.7 Å². The van der Waals surface area contributed by atoms with E-state index < -0.39 is 0 Å². The molecule has 1 aromatic heterocycles. The number of hydrogen-bond acceptors (Lipinski definition) is 4. The predicted octanol–water partition coefficient (Wildman–Crippen LogP) is 3.40. The topological polar surface area (TPSA) is 48.1 Å². The van der Waals surface area contributed by atoms with Crippen molar-refractivity contribution in [1.29, 1.82) is 0 Å². The first-order valence-electron chi connectivity index (χ1n) is 7.61. The molecule has 1 atom stereocenters. The summed E-state index contributed by atoms with van der Waals surface area (Å²) in [5.74, 6) is 0. The molecule has 112 valence electrons. The number of benzene rings is 1. The summed E-state index contributed by atoms with van der Waals surface area (Å²) in [7, 11) is 0. The molecule has 0 saturated carbocycles. The zero-order valence-corrected chi connectivity index (χ0v) is 13.2. The van der Waals surface area contributed by atoms with Crippen LogP contribution in [-0.4, -0.2) is 29.5 Å². The van der Waals surface area contributed by atoms with Gasteiger partial charge in [-0.1, -0.05) is 18.2 Å². The summed E-state index contributed by atoms with van der Waals surface area (Å²) in [4.78, 5) is 4.89. The number of hydrogen-bond donors (Lipinski definition) is 1. The normalized spacial score (nSPS) is 18.0. The minimum absolute atomic E-state index is 0.155. The van der Waals surface area contributed by atoms with Crippen LogP contribution < -0.4 is 5.73 Å². The fourth-order valence-electron chi connectivity index (χ4n) is 2.69. The summed E-state index contributed by atoms with van der Waals surface area (Å²) in [5, 5.41) is 2.96. The van der Waals surface area contributed by atoms with Crippen molar-refractivity contribution in [2.45, 2.75) is 42.5 Å². The summed E-state index contributed by atoms with van der Waals surface area (Å²) >= 11 is 1.90. The fourth-order valence-corrected chi connectivity index (χ4v) is 3.88. The van der Waals surface area contributed by atoms with Gasteiger partial charge in [-0.25, -0.2) is 4.98 Å². The Morgan fingerprint density at radius 3 is 2.86 bits per heavy atom. The maximum Gasteiger partial charge on any atom is 0.100 e. The quantitative estimate of drug-likeness (QED) is 0.940. The van der Waals surface area contributed by atoms with Crippen molar-refractivity contribution in [3.05, 3.63) is 35.9 Å². The molecular weight excluding hydrogens is 280 g/mol. The molecule has 0 aliphatic carbocycles. The van der Waals surface area contributed by atoms with Gasteiger partial charge in [-0.15, -0.1) is 11.8 Å². The van der Waals surface area contributed by atoms with E-state index in [0.29, 0.717) is 5.25 Å². The van der Waals surface area contributed by atoms with Gasteiger partial charge in [-0.3, -0.25) is 0 Å². The van der Waals surface area contributed by atoms with Crippen molar-refractivity contribution in [3.63, 3.8) is 0 Å². The Hall–Kier alpha value is -1.10. The standard InChI is InChI=1S/C17H22N2OS/c1-12(18)10-14-11-13-4-2-3-5-16(13)19-17(14)21-15-6-8-20-9-7-15/h2-5,11-12,15H,6-10,18H2,1H3. The average molecular weight is 302 g/mol. The Morgan fingerprint density at radius 2 is 2.10 bits per heavy atom. The van der Waals surface area contributed by atoms with Crippen LogP contribution in [0.15, 0.2) is 35.4 Å². The highest BCUT2D eigenvalue weighted by molar-refractivity contribution is 7.99. The van der Waals surface area contributed by atoms with E-state index in [1.54, 1.807) is 0 Å². The molecule has 0 bridgehead atoms. The second kappa shape index (κ2) is 6.77. The smallest absolute Gasteiger partial charge is 0.100 e. The number of thioether (sulfide) groups is 1. The molecule has 1 saturated heterocycles. The molecular formula is C17H22N2OS. The van der Waals surface area contributed by atoms with Gasteiger partial charge in [0, 0.05) is 29.9 Å². The third kappa shape index (κ3) is 3.76. The predicted molar refractivity (Wildman–Crippen MR) is 88.8 cm³/mol. The van der Waals surface area contributed by atoms with E-state index in [1.807, 2.05) is 17.8 Å². The molecule has 1 aliphatic rings. The Labute approximate surface area is 130 Å². The van der Waals surface area contributed by atoms with Gasteiger partial charge >= 0.3 is 0 Å². The van der Waals surface area contributed by atoms with E-state index in [9.17, 15) is 0 Å². The minimum Gasteiger partial charge on any atom is -0.381 e. The highest BCUT2D eigenvalue weighted by Gasteiger charge is 2.18. The van der Waals surface area contributed by atoms with Crippen molar-refractivity contribution < 1.29 is 4.74 Å². The van der Waals surface area contributed by atoms with Crippen LogP contribution in [0.2, 0.25) is 0 Å². The third-order valence-electron chi connectivity index (χ3n) is 3.75. The molecule has 0 amide bonds. The van der Waals surface area contributed by atoms with Crippen LogP contribution in [-0.2, 0) is 11.2 Å². The molecule has 2 aromatic rings. The van der Waals surface area contributed by atoms with E-state index in [-0.39, 0.29) is 6.04 Å². The molecule has 1 aromatic carbocycles. The Bertz CT molecular complexity index is 609. The van der Waals surface area contributed by atoms with Crippen LogP contribution in [0.5, 0.6) is 0 Å². The van der Waals surface area contributed by atoms with Crippen LogP contribution in [0.4, 0.5) is 0 Å². The molecule has 3 nitrogen and oxygen atoms in total. The van der Waals surface area contributed by atoms with Gasteiger partial charge in [0.1, 0.15) is 5.03 Å². The number of nitrogens with zero attached hydrogens (tertiary/aromatic N) is 1. The van der Waals surface area contributed by atoms with Gasteiger partial charge in [0.05, 0.1) is 5.52 Å². The summed E-state index contributed by atoms with van der Waals surface area (Å²) in [6.45, 7) is 3.79. The molecule has 1 unspecified atom stereocenters. The molecule has 21 heavy (non-hydrogen) atoms. The van der Waals surface area contributed by atoms with Gasteiger partial charge in [0.15, 0.2) is 0 Å². The maximum atomic E-state index is 6.01. The van der Waals surface area contributed by atoms with Crippen LogP contribution in [0.3, 0.4) is 0 Å². The molecule has 0 radical (unpaired) electrons. The van der Waals surface area contributed by atoms with Gasteiger partial charge in [0.25, 0.3) is 0 Å². The van der Waals surface area contributed by atoms with Gasteiger partial charge in [-0.2, -0.15) is 0 Å². The zero-order valence-electron chi connectivity index (χ0n) is 12.4. The zero-order chi connectivity index (χ0) is 14.7. The van der Waals surface area contributed by atoms with Gasteiger partial charge in [-0.05, 0) is 43.9 Å². The van der Waals surface area contributed by atoms with E-state index >= 15 is 0 Å². The second-order valence-electron chi connectivity index (χ2n) is 5.76. The van der Waals surface area contributed by atoms with Crippen LogP contribution in [0.25, 0.3) is 10.9 Å². The molecule has 1 aliphatic heterocycles. The van der Waals surface area contributed by atoms with Gasteiger partial charge < -0.3 is 10.5 Å². The molecule has 3 rings (SSSR count). The van der Waals surface area contributed by atoms with E-state index in [4.69, 9.17) is 15.5 Å². The lowest BCUT2D eigenvalue weighted by molar-refractivity contribution is 0.1000. The first kappa shape index (κ1) is 14.8. The van der Waals surface area contributed by atoms with Gasteiger partial charge in [0.2, 0.25) is 0 Å². The first-order chi connectivity index (χ1) is 10.2. The third-order valence-corrected chi connectivity index (χ3v) is 5.13. The Kier molecular flexibility index (Phi) is 4.78. The highest BCUT2D eigenvalue weighted by atomic mass is 32.2. The van der Waals surface area contributed by atoms with E-state index in [2.05, 4.69) is 31.2 Å². The molecule has 1 fully saturated rings. The molecule has 2 heterocycles. The van der Waals surface area contributed by atoms with Crippen LogP contribution >= 0.6 is 11.8 Å². The lowest BCUT2D eigenvalue weighted by atomic mass is 10.1. The number of ether oxygens (including phenoxy) is 1. The number of para-hydroxylation sites is 1. The van der Waals surface area contributed by atoms with Crippen molar-refractivity contribution in [3.8, 4) is 0 Å². The van der Waals surface area contributed by atoms with Crippen LogP contribution in [0, 0.1) is 0 Å². The van der Waals surface area contributed by atoms with Crippen molar-refractivity contribution in [1.82, 2.24) is 4.98 Å². The SMILES string of the molecule is CC(N)Cc1cc2ccccc2nc1SC1CCOCC1. The monoisotopic (exact) mass is 302 g/mol. The molecule has 2 N–H and O–H groups in total. The largest absolute Gasteiger partial charge is 0.381 e. The Morgan fingerprint density at radius 1 is 1.33 bits per heavy atom. The van der Waals surface area contributed by atoms with E-state index in [1.165, 1.54) is 10.9 Å². The molecule has 4 heteroatoms. The number of nitrogens with two attached hydrogens (primary N) is 1. The molecule has 0 spiro atoms. The van der Waals surface area contributed by atoms with Crippen molar-refractivity contribution in [2.75, 3.05) is 13.2 Å². The highest BCUT2D eigenvalue weighted by Crippen LogP contribution is 2.33. The summed E-state index contributed by atoms with van der Waals surface area (Å²) in [6.07, 6.45) is 3.09. The average Bonchev–Trinajstić information content (AvgIpc) is 2.48. The minimum atomic E-state index is 0.155. The lowest BCUT2D eigenvalue weighted by Crippen LogP contribution is -2.20. The summed E-state index contributed by atoms with van der Waals surface area (Å²) in [5.41, 5.74) is 8.36. The number of pyridine rings is 1. The second-order valence-corrected chi connectivity index (χ2v) is 7.05.